The molecular formula is C23H34F11NO2. The molecule has 220 valence electrons. The van der Waals surface area contributed by atoms with Crippen LogP contribution in [0.15, 0.2) is 11.8 Å². The number of rotatable bonds is 18. The first-order chi connectivity index (χ1) is 16.8. The molecule has 0 N–H and O–H groups in total. The molecule has 0 amide bonds. The molecule has 0 fully saturated rings. The average Bonchev–Trinajstić information content (AvgIpc) is 2.77. The van der Waals surface area contributed by atoms with Crippen LogP contribution in [-0.2, 0) is 9.53 Å². The summed E-state index contributed by atoms with van der Waals surface area (Å²) in [6, 6.07) is 0. The second-order valence-electron chi connectivity index (χ2n) is 8.68. The van der Waals surface area contributed by atoms with E-state index in [2.05, 4.69) is 11.7 Å². The van der Waals surface area contributed by atoms with Gasteiger partial charge >= 0.3 is 35.8 Å². The van der Waals surface area contributed by atoms with Crippen LogP contribution < -0.4 is 0 Å². The lowest BCUT2D eigenvalue weighted by molar-refractivity contribution is -0.419. The van der Waals surface area contributed by atoms with Crippen molar-refractivity contribution in [3.8, 4) is 0 Å². The van der Waals surface area contributed by atoms with Gasteiger partial charge in [-0.15, -0.1) is 0 Å². The molecule has 0 aliphatic carbocycles. The van der Waals surface area contributed by atoms with Gasteiger partial charge in [-0.2, -0.15) is 48.3 Å². The van der Waals surface area contributed by atoms with E-state index in [0.29, 0.717) is 19.9 Å². The number of ether oxygens (including phenoxy) is 1. The predicted octanol–water partition coefficient (Wildman–Crippen LogP) is 8.39. The van der Waals surface area contributed by atoms with Gasteiger partial charge in [0.2, 0.25) is 0 Å². The van der Waals surface area contributed by atoms with Crippen molar-refractivity contribution < 1.29 is 57.8 Å². The Morgan fingerprint density at radius 3 is 1.51 bits per heavy atom. The van der Waals surface area contributed by atoms with Crippen LogP contribution in [0.4, 0.5) is 48.3 Å². The molecule has 14 heteroatoms. The van der Waals surface area contributed by atoms with Crippen LogP contribution in [0.25, 0.3) is 0 Å². The van der Waals surface area contributed by atoms with Crippen molar-refractivity contribution >= 4 is 5.97 Å². The summed E-state index contributed by atoms with van der Waals surface area (Å²) in [6.45, 7) is 2.32. The van der Waals surface area contributed by atoms with Crippen molar-refractivity contribution in [2.45, 2.75) is 108 Å². The summed E-state index contributed by atoms with van der Waals surface area (Å²) in [4.78, 5) is 11.9. The first-order valence-corrected chi connectivity index (χ1v) is 12.0. The maximum absolute atomic E-state index is 14.7. The zero-order valence-electron chi connectivity index (χ0n) is 21.0. The van der Waals surface area contributed by atoms with E-state index in [1.54, 1.807) is 0 Å². The number of allylic oxidation sites excluding steroid dienone is 1. The first-order valence-electron chi connectivity index (χ1n) is 12.0. The van der Waals surface area contributed by atoms with Crippen molar-refractivity contribution in [1.82, 2.24) is 4.90 Å². The van der Waals surface area contributed by atoms with Crippen LogP contribution >= 0.6 is 0 Å². The highest BCUT2D eigenvalue weighted by Crippen LogP contribution is 2.58. The Kier molecular flexibility index (Phi) is 13.7. The SMILES string of the molecule is CCCCCCCCCCCCN(C)/C(=C/C(=O)OCC)C(F)(F)C(F)(F)C(F)(F)C(F)(F)C(F)(F)F. The summed E-state index contributed by atoms with van der Waals surface area (Å²) in [5.41, 5.74) is -2.18. The molecule has 0 aromatic carbocycles. The van der Waals surface area contributed by atoms with Crippen molar-refractivity contribution in [2.24, 2.45) is 0 Å². The molecule has 0 aromatic heterocycles. The Bertz CT molecular complexity index is 722. The number of alkyl halides is 11. The van der Waals surface area contributed by atoms with Gasteiger partial charge in [0, 0.05) is 19.7 Å². The molecule has 0 aromatic rings. The van der Waals surface area contributed by atoms with Crippen LogP contribution in [0.2, 0.25) is 0 Å². The summed E-state index contributed by atoms with van der Waals surface area (Å²) in [5, 5.41) is 0. The van der Waals surface area contributed by atoms with E-state index in [4.69, 9.17) is 0 Å². The fourth-order valence-electron chi connectivity index (χ4n) is 3.43. The van der Waals surface area contributed by atoms with Crippen LogP contribution in [-0.4, -0.2) is 60.9 Å². The standard InChI is InChI=1S/C23H34F11NO2/c1-4-6-7-8-9-10-11-12-13-14-15-35(3)17(16-18(36)37-5-2)19(24,25)20(26,27)21(28,29)22(30,31)23(32,33)34/h16H,4-15H2,1-3H3/b17-16+. The average molecular weight is 566 g/mol. The lowest BCUT2D eigenvalue weighted by Crippen LogP contribution is -2.67. The molecule has 3 nitrogen and oxygen atoms in total. The fraction of sp³-hybridized carbons (Fsp3) is 0.870. The van der Waals surface area contributed by atoms with Gasteiger partial charge in [0.05, 0.1) is 12.3 Å². The number of halogens is 11. The monoisotopic (exact) mass is 565 g/mol. The number of hydrogen-bond donors (Lipinski definition) is 0. The van der Waals surface area contributed by atoms with Crippen LogP contribution in [0.3, 0.4) is 0 Å². The second-order valence-corrected chi connectivity index (χ2v) is 8.68. The highest BCUT2D eigenvalue weighted by molar-refractivity contribution is 5.83. The Hall–Kier alpha value is -1.76. The third kappa shape index (κ3) is 8.90. The van der Waals surface area contributed by atoms with Gasteiger partial charge in [-0.1, -0.05) is 64.7 Å². The van der Waals surface area contributed by atoms with Gasteiger partial charge in [-0.05, 0) is 13.3 Å². The fourth-order valence-corrected chi connectivity index (χ4v) is 3.43. The van der Waals surface area contributed by atoms with E-state index in [0.717, 1.165) is 44.9 Å². The summed E-state index contributed by atoms with van der Waals surface area (Å²) >= 11 is 0. The molecule has 0 spiro atoms. The second kappa shape index (κ2) is 14.4. The summed E-state index contributed by atoms with van der Waals surface area (Å²) in [5.74, 6) is -30.3. The Balaban J connectivity index is 5.63. The molecule has 0 atom stereocenters. The van der Waals surface area contributed by atoms with Crippen LogP contribution in [0, 0.1) is 0 Å². The predicted molar refractivity (Wildman–Crippen MR) is 115 cm³/mol. The van der Waals surface area contributed by atoms with Gasteiger partial charge < -0.3 is 9.64 Å². The van der Waals surface area contributed by atoms with Crippen LogP contribution in [0.5, 0.6) is 0 Å². The van der Waals surface area contributed by atoms with E-state index in [9.17, 15) is 53.1 Å². The summed E-state index contributed by atoms with van der Waals surface area (Å²) < 4.78 is 153. The number of esters is 1. The van der Waals surface area contributed by atoms with E-state index >= 15 is 0 Å². The van der Waals surface area contributed by atoms with E-state index in [1.165, 1.54) is 6.92 Å². The summed E-state index contributed by atoms with van der Waals surface area (Å²) in [7, 11) is 0.697. The highest BCUT2D eigenvalue weighted by atomic mass is 19.4. The molecule has 0 radical (unpaired) electrons. The Labute approximate surface area is 209 Å². The zero-order chi connectivity index (χ0) is 29.1. The first kappa shape index (κ1) is 35.2. The molecule has 0 aliphatic rings. The normalized spacial score (nSPS) is 14.2. The Morgan fingerprint density at radius 2 is 1.11 bits per heavy atom. The molecule has 0 saturated carbocycles. The number of carbonyl (C=O) groups excluding carboxylic acids is 1. The smallest absolute Gasteiger partial charge is 0.460 e. The largest absolute Gasteiger partial charge is 0.463 e. The van der Waals surface area contributed by atoms with Gasteiger partial charge in [-0.25, -0.2) is 4.79 Å². The highest BCUT2D eigenvalue weighted by Gasteiger charge is 2.87. The summed E-state index contributed by atoms with van der Waals surface area (Å²) in [6.07, 6.45) is 0.562. The molecule has 0 aliphatic heterocycles. The van der Waals surface area contributed by atoms with Crippen molar-refractivity contribution in [1.29, 1.82) is 0 Å². The Morgan fingerprint density at radius 1 is 0.676 bits per heavy atom. The topological polar surface area (TPSA) is 29.5 Å². The molecular weight excluding hydrogens is 531 g/mol. The maximum Gasteiger partial charge on any atom is 0.460 e. The minimum atomic E-state index is -7.56. The number of unbranched alkanes of at least 4 members (excludes halogenated alkanes) is 9. The zero-order valence-corrected chi connectivity index (χ0v) is 21.0. The number of hydrogen-bond acceptors (Lipinski definition) is 3. The van der Waals surface area contributed by atoms with Gasteiger partial charge in [0.15, 0.2) is 0 Å². The van der Waals surface area contributed by atoms with Gasteiger partial charge in [0.25, 0.3) is 0 Å². The quantitative estimate of drug-likeness (QED) is 0.0724. The van der Waals surface area contributed by atoms with Crippen molar-refractivity contribution in [2.75, 3.05) is 20.2 Å². The molecule has 37 heavy (non-hydrogen) atoms. The minimum Gasteiger partial charge on any atom is -0.463 e. The van der Waals surface area contributed by atoms with Gasteiger partial charge in [-0.3, -0.25) is 0 Å². The number of nitrogens with zero attached hydrogens (tertiary/aromatic N) is 1. The maximum atomic E-state index is 14.7. The van der Waals surface area contributed by atoms with E-state index in [1.807, 2.05) is 0 Å². The third-order valence-corrected chi connectivity index (χ3v) is 5.66. The molecule has 0 saturated heterocycles. The minimum absolute atomic E-state index is 0.0588. The molecule has 0 unspecified atom stereocenters. The number of carbonyl (C=O) groups is 1. The van der Waals surface area contributed by atoms with Gasteiger partial charge in [0.1, 0.15) is 0 Å². The van der Waals surface area contributed by atoms with Crippen molar-refractivity contribution in [3.63, 3.8) is 0 Å². The molecule has 0 rings (SSSR count). The van der Waals surface area contributed by atoms with Crippen molar-refractivity contribution in [3.05, 3.63) is 11.8 Å². The lowest BCUT2D eigenvalue weighted by Gasteiger charge is -2.39. The molecule has 0 bridgehead atoms. The molecule has 0 heterocycles. The van der Waals surface area contributed by atoms with E-state index in [-0.39, 0.29) is 17.4 Å². The van der Waals surface area contributed by atoms with Crippen LogP contribution in [0.1, 0.15) is 78.1 Å². The van der Waals surface area contributed by atoms with E-state index < -0.39 is 54.7 Å². The lowest BCUT2D eigenvalue weighted by atomic mass is 9.95. The third-order valence-electron chi connectivity index (χ3n) is 5.66.